The van der Waals surface area contributed by atoms with Crippen LogP contribution in [0.4, 0.5) is 0 Å². The fraction of sp³-hybridized carbons (Fsp3) is 0.496. The summed E-state index contributed by atoms with van der Waals surface area (Å²) in [5, 5.41) is 11.1. The van der Waals surface area contributed by atoms with Gasteiger partial charge < -0.3 is 0 Å². The van der Waals surface area contributed by atoms with E-state index in [1.54, 1.807) is 38.9 Å². The van der Waals surface area contributed by atoms with Crippen LogP contribution in [0.3, 0.4) is 0 Å². The number of hydrogen-bond acceptors (Lipinski definition) is 0. The molecule has 4 aromatic heterocycles. The quantitative estimate of drug-likeness (QED) is 0.102. The average Bonchev–Trinajstić information content (AvgIpc) is 0.775. The van der Waals surface area contributed by atoms with Crippen molar-refractivity contribution in [2.75, 3.05) is 0 Å². The van der Waals surface area contributed by atoms with Gasteiger partial charge in [-0.1, -0.05) is 248 Å². The van der Waals surface area contributed by atoms with Crippen LogP contribution in [0, 0.1) is 56.3 Å². The van der Waals surface area contributed by atoms with Crippen LogP contribution >= 0.6 is 0 Å². The van der Waals surface area contributed by atoms with Gasteiger partial charge in [0, 0.05) is 29.8 Å². The molecule has 0 bridgehead atoms. The summed E-state index contributed by atoms with van der Waals surface area (Å²) in [6.45, 7) is 31.0. The van der Waals surface area contributed by atoms with Crippen molar-refractivity contribution in [3.8, 4) is 56.2 Å². The van der Waals surface area contributed by atoms with Crippen molar-refractivity contribution in [3.05, 3.63) is 285 Å². The van der Waals surface area contributed by atoms with E-state index in [-0.39, 0.29) is 0 Å². The second kappa shape index (κ2) is 41.3. The summed E-state index contributed by atoms with van der Waals surface area (Å²) in [7, 11) is 8.85. The zero-order valence-electron chi connectivity index (χ0n) is 86.6. The molecule has 9 aromatic carbocycles. The Morgan fingerprint density at radius 3 is 0.844 bits per heavy atom. The standard InChI is InChI=1S/C37H50N.C32H42N.C31H40N.C31H34N/c1-26-34(29-13-9-6-10-14-29)24-32(27-11-7-5-8-12-27)25-35(26)36-33-16-15-30(23-31(33)19-22-38(36)4)28-17-20-37(2,3)21-18-28;1-22-19-28(24-9-7-6-8-10-24)21-30(23(22)2)31-29-12-11-26(20-27(29)15-18-33(31)5)25-13-16-32(3,4)17-14-25;2*1-22-10-11-26(23-8-6-5-7-9-23)21-29(22)30-28-13-12-25(20-27(28)16-19-32(30)4)24-14-17-31(2,3)18-15-24/h15-16,19,22-25,27-29H,5-14,17-18,20-21H2,1-4H3;11-12,15,18-21,24-25H,6-10,13-14,16-17H2,1-5H3;10-13,16,19-21,23-24H,5-9,14-15,17-18H2,1-4H3;5-13,16,19-21,24H,14-15,17-18H2,1-4H3/q4*+1. The highest BCUT2D eigenvalue weighted by molar-refractivity contribution is 5.98. The molecule has 4 nitrogen and oxygen atoms in total. The molecule has 0 atom stereocenters. The van der Waals surface area contributed by atoms with Crippen LogP contribution in [0.25, 0.3) is 99.2 Å². The molecule has 0 N–H and O–H groups in total. The van der Waals surface area contributed by atoms with Crippen molar-refractivity contribution in [2.45, 2.75) is 369 Å². The lowest BCUT2D eigenvalue weighted by Crippen LogP contribution is -2.31. The lowest BCUT2D eigenvalue weighted by atomic mass is 9.71. The normalized spacial score (nSPS) is 19.6. The van der Waals surface area contributed by atoms with Crippen molar-refractivity contribution in [3.63, 3.8) is 0 Å². The molecule has 8 saturated carbocycles. The van der Waals surface area contributed by atoms with Gasteiger partial charge in [0.15, 0.2) is 24.8 Å². The van der Waals surface area contributed by atoms with Crippen LogP contribution in [0.2, 0.25) is 0 Å². The molecule has 4 heteroatoms. The number of benzene rings is 9. The van der Waals surface area contributed by atoms with Gasteiger partial charge in [-0.15, -0.1) is 0 Å². The number of hydrogen-bond donors (Lipinski definition) is 0. The third-order valence-electron chi connectivity index (χ3n) is 35.9. The summed E-state index contributed by atoms with van der Waals surface area (Å²) in [4.78, 5) is 0. The topological polar surface area (TPSA) is 15.5 Å². The van der Waals surface area contributed by atoms with Gasteiger partial charge in [0.1, 0.15) is 28.2 Å². The molecule has 13 aromatic rings. The van der Waals surface area contributed by atoms with Gasteiger partial charge in [0.05, 0.1) is 38.2 Å². The third kappa shape index (κ3) is 21.9. The third-order valence-corrected chi connectivity index (χ3v) is 35.9. The Hall–Kier alpha value is -9.38. The van der Waals surface area contributed by atoms with E-state index in [1.165, 1.54) is 364 Å². The maximum absolute atomic E-state index is 2.67. The summed E-state index contributed by atoms with van der Waals surface area (Å²) in [6, 6.07) is 73.7. The highest BCUT2D eigenvalue weighted by Gasteiger charge is 2.36. The number of fused-ring (bicyclic) bond motifs is 4. The molecule has 0 aliphatic heterocycles. The zero-order chi connectivity index (χ0) is 94.0. The summed E-state index contributed by atoms with van der Waals surface area (Å²) < 4.78 is 9.36. The highest BCUT2D eigenvalue weighted by atomic mass is 14.9. The molecule has 0 unspecified atom stereocenters. The lowest BCUT2D eigenvalue weighted by molar-refractivity contribution is -0.659. The van der Waals surface area contributed by atoms with E-state index in [1.807, 2.05) is 0 Å². The SMILES string of the molecule is Cc1c(-c2c3ccc(C4CCC(C)(C)CC4)cc3cc[n+]2C)cc(C2CCCCC2)cc1C1CCCCC1.Cc1cc(C2CCCCC2)cc(-c2c3ccc(C4CCC(C)(C)CC4)cc3cc[n+]2C)c1C.Cc1ccc(-c2ccccc2)cc1-c1c2ccc(C3CCC(C)(C)CC3)cc2cc[n+]1C.Cc1ccc(C2CCCCC2)cc1-c1c2ccc(C3CCC(C)(C)CC3)cc2cc[n+]1C. The molecule has 8 aliphatic rings. The zero-order valence-corrected chi connectivity index (χ0v) is 86.6. The van der Waals surface area contributed by atoms with Gasteiger partial charge in [0.25, 0.3) is 0 Å². The summed E-state index contributed by atoms with van der Waals surface area (Å²) in [6.07, 6.45) is 58.1. The molecule has 0 radical (unpaired) electrons. The number of aryl methyl sites for hydroxylation is 7. The first-order chi connectivity index (χ1) is 65.0. The largest absolute Gasteiger partial charge is 0.220 e. The number of rotatable bonds is 13. The fourth-order valence-electron chi connectivity index (χ4n) is 26.4. The van der Waals surface area contributed by atoms with Crippen LogP contribution in [0.5, 0.6) is 0 Å². The van der Waals surface area contributed by atoms with Crippen molar-refractivity contribution >= 4 is 43.1 Å². The van der Waals surface area contributed by atoms with E-state index >= 15 is 0 Å². The molecule has 706 valence electrons. The van der Waals surface area contributed by atoms with E-state index in [4.69, 9.17) is 0 Å². The summed E-state index contributed by atoms with van der Waals surface area (Å²) in [5.41, 5.74) is 35.4. The number of pyridine rings is 4. The molecular formula is C131H166N4+4. The van der Waals surface area contributed by atoms with E-state index in [0.29, 0.717) is 27.6 Å². The van der Waals surface area contributed by atoms with Crippen LogP contribution in [-0.4, -0.2) is 0 Å². The van der Waals surface area contributed by atoms with Gasteiger partial charge in [0.2, 0.25) is 22.8 Å². The second-order valence-corrected chi connectivity index (χ2v) is 47.8. The van der Waals surface area contributed by atoms with Crippen LogP contribution < -0.4 is 18.3 Å². The van der Waals surface area contributed by atoms with E-state index in [9.17, 15) is 0 Å². The highest BCUT2D eigenvalue weighted by Crippen LogP contribution is 2.51. The predicted molar refractivity (Wildman–Crippen MR) is 575 cm³/mol. The van der Waals surface area contributed by atoms with E-state index < -0.39 is 0 Å². The first-order valence-corrected chi connectivity index (χ1v) is 54.3. The molecule has 135 heavy (non-hydrogen) atoms. The predicted octanol–water partition coefficient (Wildman–Crippen LogP) is 35.5. The molecule has 8 fully saturated rings. The minimum Gasteiger partial charge on any atom is -0.200 e. The number of nitrogens with zero attached hydrogens (tertiary/aromatic N) is 4. The maximum atomic E-state index is 2.67. The molecule has 21 rings (SSSR count). The minimum absolute atomic E-state index is 0.509. The van der Waals surface area contributed by atoms with Gasteiger partial charge >= 0.3 is 0 Å². The number of aromatic nitrogens is 4. The first kappa shape index (κ1) is 95.9. The van der Waals surface area contributed by atoms with E-state index in [2.05, 4.69) is 349 Å². The summed E-state index contributed by atoms with van der Waals surface area (Å²) in [5.74, 6) is 5.83. The van der Waals surface area contributed by atoms with Gasteiger partial charge in [-0.2, -0.15) is 0 Å². The smallest absolute Gasteiger partial charge is 0.200 e. The Morgan fingerprint density at radius 2 is 0.489 bits per heavy atom. The van der Waals surface area contributed by atoms with Crippen LogP contribution in [-0.2, 0) is 28.2 Å². The van der Waals surface area contributed by atoms with Crippen molar-refractivity contribution in [1.29, 1.82) is 0 Å². The Kier molecular flexibility index (Phi) is 29.4. The van der Waals surface area contributed by atoms with Crippen molar-refractivity contribution in [2.24, 2.45) is 49.9 Å². The molecule has 0 amide bonds. The molecular weight excluding hydrogens is 1630 g/mol. The second-order valence-electron chi connectivity index (χ2n) is 47.8. The van der Waals surface area contributed by atoms with Gasteiger partial charge in [-0.25, -0.2) is 18.3 Å². The Balaban J connectivity index is 0.000000120. The fourth-order valence-corrected chi connectivity index (χ4v) is 26.4. The summed E-state index contributed by atoms with van der Waals surface area (Å²) >= 11 is 0. The Morgan fingerprint density at radius 1 is 0.215 bits per heavy atom. The average molecular weight is 1800 g/mol. The van der Waals surface area contributed by atoms with Crippen LogP contribution in [0.1, 0.15) is 406 Å². The first-order valence-electron chi connectivity index (χ1n) is 54.3. The Labute approximate surface area is 815 Å². The maximum Gasteiger partial charge on any atom is 0.220 e. The molecule has 4 heterocycles. The van der Waals surface area contributed by atoms with Gasteiger partial charge in [-0.3, -0.25) is 0 Å². The molecule has 0 saturated heterocycles. The van der Waals surface area contributed by atoms with Crippen molar-refractivity contribution in [1.82, 2.24) is 0 Å². The minimum atomic E-state index is 0.509. The monoisotopic (exact) mass is 1800 g/mol. The van der Waals surface area contributed by atoms with Gasteiger partial charge in [-0.05, 0) is 411 Å². The van der Waals surface area contributed by atoms with E-state index in [0.717, 1.165) is 41.4 Å². The molecule has 0 spiro atoms. The van der Waals surface area contributed by atoms with Crippen LogP contribution in [0.15, 0.2) is 213 Å². The lowest BCUT2D eigenvalue weighted by Gasteiger charge is -2.34. The molecule has 8 aliphatic carbocycles. The van der Waals surface area contributed by atoms with Crippen molar-refractivity contribution < 1.29 is 18.3 Å². The Bertz CT molecular complexity index is 6340.